The number of aliphatic carboxylic acids is 1. The third kappa shape index (κ3) is 2.46. The van der Waals surface area contributed by atoms with Gasteiger partial charge in [0.15, 0.2) is 0 Å². The predicted octanol–water partition coefficient (Wildman–Crippen LogP) is 2.37. The number of benzene rings is 1. The van der Waals surface area contributed by atoms with Gasteiger partial charge >= 0.3 is 12.3 Å². The fourth-order valence-corrected chi connectivity index (χ4v) is 1.26. The van der Waals surface area contributed by atoms with E-state index in [4.69, 9.17) is 9.84 Å². The summed E-state index contributed by atoms with van der Waals surface area (Å²) < 4.78 is 17.6. The summed E-state index contributed by atoms with van der Waals surface area (Å²) in [5.41, 5.74) is 2.43. The van der Waals surface area contributed by atoms with Gasteiger partial charge in [0.05, 0.1) is 0 Å². The number of carboxylic acids is 1. The van der Waals surface area contributed by atoms with Crippen molar-refractivity contribution in [3.63, 3.8) is 0 Å². The third-order valence-corrected chi connectivity index (χ3v) is 2.29. The summed E-state index contributed by atoms with van der Waals surface area (Å²) in [6, 6.07) is 3.65. The zero-order valence-electron chi connectivity index (χ0n) is 8.87. The Hall–Kier alpha value is -1.58. The summed E-state index contributed by atoms with van der Waals surface area (Å²) in [6.45, 7) is 5.37. The second kappa shape index (κ2) is 4.29. The second-order valence-electron chi connectivity index (χ2n) is 3.43. The molecule has 0 amide bonds. The molecule has 82 valence electrons. The highest BCUT2D eigenvalue weighted by Crippen LogP contribution is 2.26. The zero-order valence-corrected chi connectivity index (χ0v) is 8.87. The van der Waals surface area contributed by atoms with Crippen molar-refractivity contribution in [2.75, 3.05) is 0 Å². The number of carboxylic acid groups (broad SMARTS) is 1. The number of carbonyl (C=O) groups is 1. The van der Waals surface area contributed by atoms with E-state index < -0.39 is 12.3 Å². The molecule has 1 atom stereocenters. The molecule has 3 nitrogen and oxygen atoms in total. The minimum Gasteiger partial charge on any atom is -0.476 e. The second-order valence-corrected chi connectivity index (χ2v) is 3.43. The molecule has 0 saturated heterocycles. The lowest BCUT2D eigenvalue weighted by atomic mass is 10.1. The van der Waals surface area contributed by atoms with Crippen LogP contribution < -0.4 is 4.74 Å². The first-order chi connectivity index (χ1) is 6.93. The molecular weight excluding hydrogens is 199 g/mol. The van der Waals surface area contributed by atoms with Crippen LogP contribution in [0, 0.1) is 20.8 Å². The number of hydrogen-bond acceptors (Lipinski definition) is 2. The summed E-state index contributed by atoms with van der Waals surface area (Å²) in [5, 5.41) is 8.39. The molecule has 15 heavy (non-hydrogen) atoms. The van der Waals surface area contributed by atoms with E-state index in [0.29, 0.717) is 5.75 Å². The Kier molecular flexibility index (Phi) is 3.29. The summed E-state index contributed by atoms with van der Waals surface area (Å²) in [7, 11) is 0. The topological polar surface area (TPSA) is 46.5 Å². The first kappa shape index (κ1) is 11.5. The number of rotatable bonds is 3. The molecule has 0 saturated carbocycles. The Morgan fingerprint density at radius 2 is 1.87 bits per heavy atom. The lowest BCUT2D eigenvalue weighted by Gasteiger charge is -2.14. The van der Waals surface area contributed by atoms with Gasteiger partial charge in [0.2, 0.25) is 0 Å². The van der Waals surface area contributed by atoms with Crippen LogP contribution in [0.5, 0.6) is 5.75 Å². The summed E-state index contributed by atoms with van der Waals surface area (Å²) in [6.07, 6.45) is -2.32. The molecule has 4 heteroatoms. The summed E-state index contributed by atoms with van der Waals surface area (Å²) >= 11 is 0. The Balaban J connectivity index is 3.03. The zero-order chi connectivity index (χ0) is 11.6. The molecule has 0 aliphatic carbocycles. The Morgan fingerprint density at radius 1 is 1.33 bits per heavy atom. The number of ether oxygens (including phenoxy) is 1. The molecule has 0 heterocycles. The smallest absolute Gasteiger partial charge is 0.378 e. The minimum atomic E-state index is -2.32. The summed E-state index contributed by atoms with van der Waals surface area (Å²) in [5.74, 6) is -1.31. The van der Waals surface area contributed by atoms with Gasteiger partial charge in [-0.2, -0.15) is 4.39 Å². The van der Waals surface area contributed by atoms with Crippen molar-refractivity contribution in [2.24, 2.45) is 0 Å². The van der Waals surface area contributed by atoms with Gasteiger partial charge in [-0.05, 0) is 37.5 Å². The van der Waals surface area contributed by atoms with Crippen molar-refractivity contribution in [1.29, 1.82) is 0 Å². The molecular formula is C11H13FO3. The van der Waals surface area contributed by atoms with Gasteiger partial charge in [0.1, 0.15) is 5.75 Å². The fraction of sp³-hybridized carbons (Fsp3) is 0.364. The van der Waals surface area contributed by atoms with E-state index in [0.717, 1.165) is 16.7 Å². The molecule has 0 spiro atoms. The fourth-order valence-electron chi connectivity index (χ4n) is 1.26. The average molecular weight is 212 g/mol. The Morgan fingerprint density at radius 3 is 2.40 bits per heavy atom. The van der Waals surface area contributed by atoms with Crippen LogP contribution in [-0.2, 0) is 4.79 Å². The van der Waals surface area contributed by atoms with Crippen LogP contribution in [0.1, 0.15) is 16.7 Å². The number of halogens is 1. The van der Waals surface area contributed by atoms with Crippen molar-refractivity contribution in [3.8, 4) is 5.75 Å². The van der Waals surface area contributed by atoms with Crippen molar-refractivity contribution in [2.45, 2.75) is 27.1 Å². The van der Waals surface area contributed by atoms with E-state index in [1.807, 2.05) is 13.0 Å². The van der Waals surface area contributed by atoms with E-state index >= 15 is 0 Å². The van der Waals surface area contributed by atoms with E-state index in [1.165, 1.54) is 0 Å². The van der Waals surface area contributed by atoms with Crippen molar-refractivity contribution in [3.05, 3.63) is 28.8 Å². The van der Waals surface area contributed by atoms with Crippen molar-refractivity contribution < 1.29 is 19.0 Å². The SMILES string of the molecule is Cc1ccc(C)c(OC(F)C(=O)O)c1C. The van der Waals surface area contributed by atoms with Gasteiger partial charge in [0.25, 0.3) is 0 Å². The highest BCUT2D eigenvalue weighted by Gasteiger charge is 2.19. The van der Waals surface area contributed by atoms with Gasteiger partial charge in [-0.3, -0.25) is 0 Å². The lowest BCUT2D eigenvalue weighted by molar-refractivity contribution is -0.153. The normalized spacial score (nSPS) is 12.3. The van der Waals surface area contributed by atoms with Gasteiger partial charge in [-0.15, -0.1) is 0 Å². The van der Waals surface area contributed by atoms with E-state index in [9.17, 15) is 9.18 Å². The van der Waals surface area contributed by atoms with Crippen LogP contribution in [0.4, 0.5) is 4.39 Å². The van der Waals surface area contributed by atoms with Gasteiger partial charge in [-0.1, -0.05) is 12.1 Å². The Labute approximate surface area is 87.5 Å². The summed E-state index contributed by atoms with van der Waals surface area (Å²) in [4.78, 5) is 10.3. The Bertz CT molecular complexity index is 388. The van der Waals surface area contributed by atoms with Crippen molar-refractivity contribution in [1.82, 2.24) is 0 Å². The van der Waals surface area contributed by atoms with Crippen LogP contribution >= 0.6 is 0 Å². The monoisotopic (exact) mass is 212 g/mol. The minimum absolute atomic E-state index is 0.310. The standard InChI is InChI=1S/C11H13FO3/c1-6-4-5-7(2)9(8(6)3)15-10(12)11(13)14/h4-5,10H,1-3H3,(H,13,14). The number of hydrogen-bond donors (Lipinski definition) is 1. The van der Waals surface area contributed by atoms with Crippen molar-refractivity contribution >= 4 is 5.97 Å². The highest BCUT2D eigenvalue weighted by atomic mass is 19.1. The molecule has 1 unspecified atom stereocenters. The first-order valence-electron chi connectivity index (χ1n) is 4.54. The van der Waals surface area contributed by atoms with Gasteiger partial charge < -0.3 is 9.84 Å². The highest BCUT2D eigenvalue weighted by molar-refractivity contribution is 5.71. The maximum absolute atomic E-state index is 12.9. The maximum atomic E-state index is 12.9. The van der Waals surface area contributed by atoms with E-state index in [1.54, 1.807) is 19.9 Å². The van der Waals surface area contributed by atoms with Gasteiger partial charge in [-0.25, -0.2) is 4.79 Å². The molecule has 0 aromatic heterocycles. The van der Waals surface area contributed by atoms with Crippen LogP contribution in [0.3, 0.4) is 0 Å². The van der Waals surface area contributed by atoms with E-state index in [2.05, 4.69) is 0 Å². The van der Waals surface area contributed by atoms with Crippen LogP contribution in [0.15, 0.2) is 12.1 Å². The van der Waals surface area contributed by atoms with Crippen LogP contribution in [0.2, 0.25) is 0 Å². The number of aryl methyl sites for hydroxylation is 2. The molecule has 1 rings (SSSR count). The maximum Gasteiger partial charge on any atom is 0.378 e. The lowest BCUT2D eigenvalue weighted by Crippen LogP contribution is -2.22. The van der Waals surface area contributed by atoms with Crippen LogP contribution in [-0.4, -0.2) is 17.4 Å². The molecule has 1 N–H and O–H groups in total. The first-order valence-corrected chi connectivity index (χ1v) is 4.54. The predicted molar refractivity (Wildman–Crippen MR) is 53.8 cm³/mol. The van der Waals surface area contributed by atoms with Gasteiger partial charge in [0, 0.05) is 0 Å². The third-order valence-electron chi connectivity index (χ3n) is 2.29. The molecule has 0 radical (unpaired) electrons. The molecule has 0 fully saturated rings. The quantitative estimate of drug-likeness (QED) is 0.836. The molecule has 1 aromatic rings. The molecule has 0 bridgehead atoms. The average Bonchev–Trinajstić information content (AvgIpc) is 2.18. The molecule has 1 aromatic carbocycles. The number of alkyl halides is 1. The molecule has 0 aliphatic heterocycles. The van der Waals surface area contributed by atoms with E-state index in [-0.39, 0.29) is 0 Å². The van der Waals surface area contributed by atoms with Crippen LogP contribution in [0.25, 0.3) is 0 Å². The molecule has 0 aliphatic rings. The largest absolute Gasteiger partial charge is 0.476 e.